The highest BCUT2D eigenvalue weighted by Crippen LogP contribution is 2.31. The smallest absolute Gasteiger partial charge is 0.408 e. The van der Waals surface area contributed by atoms with Crippen molar-refractivity contribution in [2.75, 3.05) is 0 Å². The molecule has 0 saturated heterocycles. The van der Waals surface area contributed by atoms with Crippen LogP contribution in [-0.4, -0.2) is 4.98 Å². The number of nitrogens with two attached hydrogens (primary N) is 1. The molecular weight excluding hydrogens is 204 g/mol. The fourth-order valence-electron chi connectivity index (χ4n) is 1.66. The van der Waals surface area contributed by atoms with Crippen LogP contribution in [0.1, 0.15) is 32.4 Å². The van der Waals surface area contributed by atoms with Crippen LogP contribution in [0.3, 0.4) is 0 Å². The number of nitrogens with one attached hydrogen (secondary N) is 1. The number of H-pyrrole nitrogens is 1. The second-order valence-corrected chi connectivity index (χ2v) is 5.11. The number of aromatic nitrogens is 1. The quantitative estimate of drug-likeness (QED) is 0.773. The SMILES string of the molecule is CC(C)(C)C(N)c1ccc2[nH]c(=O)oc2c1. The molecule has 1 heterocycles. The van der Waals surface area contributed by atoms with Gasteiger partial charge in [0.25, 0.3) is 0 Å². The minimum Gasteiger partial charge on any atom is -0.408 e. The molecule has 0 fully saturated rings. The van der Waals surface area contributed by atoms with E-state index in [0.29, 0.717) is 11.1 Å². The van der Waals surface area contributed by atoms with Crippen molar-refractivity contribution in [1.29, 1.82) is 0 Å². The van der Waals surface area contributed by atoms with Gasteiger partial charge in [0.15, 0.2) is 5.58 Å². The number of aromatic amines is 1. The van der Waals surface area contributed by atoms with E-state index >= 15 is 0 Å². The Balaban J connectivity index is 2.50. The van der Waals surface area contributed by atoms with Crippen LogP contribution in [0, 0.1) is 5.41 Å². The minimum absolute atomic E-state index is 0.0235. The van der Waals surface area contributed by atoms with E-state index in [0.717, 1.165) is 5.56 Å². The van der Waals surface area contributed by atoms with Crippen LogP contribution < -0.4 is 11.5 Å². The largest absolute Gasteiger partial charge is 0.417 e. The van der Waals surface area contributed by atoms with Crippen molar-refractivity contribution in [3.63, 3.8) is 0 Å². The Morgan fingerprint density at radius 1 is 1.38 bits per heavy atom. The third-order valence-electron chi connectivity index (χ3n) is 2.74. The summed E-state index contributed by atoms with van der Waals surface area (Å²) < 4.78 is 5.00. The molecule has 2 rings (SSSR count). The van der Waals surface area contributed by atoms with E-state index in [1.54, 1.807) is 0 Å². The molecule has 0 saturated carbocycles. The fraction of sp³-hybridized carbons (Fsp3) is 0.417. The lowest BCUT2D eigenvalue weighted by atomic mass is 9.83. The summed E-state index contributed by atoms with van der Waals surface area (Å²) in [6.07, 6.45) is 0. The van der Waals surface area contributed by atoms with Crippen LogP contribution in [0.15, 0.2) is 27.4 Å². The van der Waals surface area contributed by atoms with E-state index in [-0.39, 0.29) is 11.5 Å². The maximum atomic E-state index is 11.0. The van der Waals surface area contributed by atoms with Gasteiger partial charge in [-0.3, -0.25) is 4.98 Å². The summed E-state index contributed by atoms with van der Waals surface area (Å²) in [4.78, 5) is 13.6. The molecule has 0 aliphatic rings. The first-order chi connectivity index (χ1) is 7.38. The van der Waals surface area contributed by atoms with Crippen LogP contribution in [0.2, 0.25) is 0 Å². The van der Waals surface area contributed by atoms with Crippen LogP contribution in [0.25, 0.3) is 11.1 Å². The monoisotopic (exact) mass is 220 g/mol. The highest BCUT2D eigenvalue weighted by atomic mass is 16.4. The molecule has 1 aromatic carbocycles. The lowest BCUT2D eigenvalue weighted by Gasteiger charge is -2.27. The van der Waals surface area contributed by atoms with Crippen molar-refractivity contribution < 1.29 is 4.42 Å². The topological polar surface area (TPSA) is 72.0 Å². The molecule has 0 aliphatic carbocycles. The van der Waals surface area contributed by atoms with Crippen molar-refractivity contribution in [2.24, 2.45) is 11.1 Å². The third-order valence-corrected chi connectivity index (χ3v) is 2.74. The maximum Gasteiger partial charge on any atom is 0.417 e. The second kappa shape index (κ2) is 3.49. The molecule has 4 heteroatoms. The summed E-state index contributed by atoms with van der Waals surface area (Å²) in [6, 6.07) is 5.48. The van der Waals surface area contributed by atoms with Gasteiger partial charge in [-0.05, 0) is 23.1 Å². The van der Waals surface area contributed by atoms with Crippen molar-refractivity contribution in [1.82, 2.24) is 4.98 Å². The van der Waals surface area contributed by atoms with Crippen LogP contribution in [-0.2, 0) is 0 Å². The molecular formula is C12H16N2O2. The fourth-order valence-corrected chi connectivity index (χ4v) is 1.66. The molecule has 0 bridgehead atoms. The lowest BCUT2D eigenvalue weighted by Crippen LogP contribution is -2.26. The van der Waals surface area contributed by atoms with Gasteiger partial charge in [-0.25, -0.2) is 4.79 Å². The first-order valence-corrected chi connectivity index (χ1v) is 5.26. The molecule has 2 aromatic rings. The Kier molecular flexibility index (Phi) is 2.39. The molecule has 1 atom stereocenters. The Bertz CT molecular complexity index is 560. The molecule has 0 aliphatic heterocycles. The molecule has 86 valence electrons. The number of hydrogen-bond acceptors (Lipinski definition) is 3. The molecule has 4 nitrogen and oxygen atoms in total. The zero-order valence-electron chi connectivity index (χ0n) is 9.70. The number of rotatable bonds is 1. The molecule has 0 amide bonds. The van der Waals surface area contributed by atoms with Crippen LogP contribution in [0.4, 0.5) is 0 Å². The average molecular weight is 220 g/mol. The van der Waals surface area contributed by atoms with Gasteiger partial charge in [-0.1, -0.05) is 26.8 Å². The maximum absolute atomic E-state index is 11.0. The van der Waals surface area contributed by atoms with Crippen molar-refractivity contribution in [3.05, 3.63) is 34.3 Å². The predicted octanol–water partition coefficient (Wildman–Crippen LogP) is 2.17. The van der Waals surface area contributed by atoms with Crippen molar-refractivity contribution >= 4 is 11.1 Å². The summed E-state index contributed by atoms with van der Waals surface area (Å²) >= 11 is 0. The molecule has 0 spiro atoms. The lowest BCUT2D eigenvalue weighted by molar-refractivity contribution is 0.327. The number of oxazole rings is 1. The Hall–Kier alpha value is -1.55. The first kappa shape index (κ1) is 11.0. The summed E-state index contributed by atoms with van der Waals surface area (Å²) in [5, 5.41) is 0. The summed E-state index contributed by atoms with van der Waals surface area (Å²) in [6.45, 7) is 6.24. The number of benzene rings is 1. The van der Waals surface area contributed by atoms with Crippen molar-refractivity contribution in [2.45, 2.75) is 26.8 Å². The van der Waals surface area contributed by atoms with Gasteiger partial charge < -0.3 is 10.2 Å². The second-order valence-electron chi connectivity index (χ2n) is 5.11. The zero-order valence-corrected chi connectivity index (χ0v) is 9.70. The summed E-state index contributed by atoms with van der Waals surface area (Å²) in [5.74, 6) is -0.434. The molecule has 0 radical (unpaired) electrons. The predicted molar refractivity (Wildman–Crippen MR) is 63.2 cm³/mol. The number of hydrogen-bond donors (Lipinski definition) is 2. The summed E-state index contributed by atoms with van der Waals surface area (Å²) in [7, 11) is 0. The normalized spacial score (nSPS) is 14.2. The third kappa shape index (κ3) is 1.88. The van der Waals surface area contributed by atoms with E-state index < -0.39 is 5.76 Å². The highest BCUT2D eigenvalue weighted by Gasteiger charge is 2.22. The van der Waals surface area contributed by atoms with Gasteiger partial charge in [0, 0.05) is 6.04 Å². The molecule has 3 N–H and O–H groups in total. The zero-order chi connectivity index (χ0) is 11.9. The van der Waals surface area contributed by atoms with Crippen molar-refractivity contribution in [3.8, 4) is 0 Å². The van der Waals surface area contributed by atoms with E-state index in [1.165, 1.54) is 0 Å². The van der Waals surface area contributed by atoms with Crippen LogP contribution in [0.5, 0.6) is 0 Å². The highest BCUT2D eigenvalue weighted by molar-refractivity contribution is 5.72. The first-order valence-electron chi connectivity index (χ1n) is 5.26. The minimum atomic E-state index is -0.434. The van der Waals surface area contributed by atoms with E-state index in [2.05, 4.69) is 25.8 Å². The molecule has 1 unspecified atom stereocenters. The van der Waals surface area contributed by atoms with E-state index in [4.69, 9.17) is 10.2 Å². The number of fused-ring (bicyclic) bond motifs is 1. The van der Waals surface area contributed by atoms with Gasteiger partial charge in [-0.2, -0.15) is 0 Å². The van der Waals surface area contributed by atoms with E-state index in [1.807, 2.05) is 18.2 Å². The van der Waals surface area contributed by atoms with Gasteiger partial charge in [0.05, 0.1) is 5.52 Å². The van der Waals surface area contributed by atoms with E-state index in [9.17, 15) is 4.79 Å². The Morgan fingerprint density at radius 2 is 2.06 bits per heavy atom. The Morgan fingerprint density at radius 3 is 2.69 bits per heavy atom. The summed E-state index contributed by atoms with van der Waals surface area (Å²) in [5.41, 5.74) is 8.35. The van der Waals surface area contributed by atoms with Gasteiger partial charge in [0.2, 0.25) is 0 Å². The molecule has 16 heavy (non-hydrogen) atoms. The van der Waals surface area contributed by atoms with Gasteiger partial charge in [-0.15, -0.1) is 0 Å². The standard InChI is InChI=1S/C12H16N2O2/c1-12(2,3)10(13)7-4-5-8-9(6-7)16-11(15)14-8/h4-6,10H,13H2,1-3H3,(H,14,15). The van der Waals surface area contributed by atoms with Crippen LogP contribution >= 0.6 is 0 Å². The average Bonchev–Trinajstić information content (AvgIpc) is 2.54. The molecule has 1 aromatic heterocycles. The van der Waals surface area contributed by atoms with Gasteiger partial charge >= 0.3 is 5.76 Å². The van der Waals surface area contributed by atoms with Gasteiger partial charge in [0.1, 0.15) is 0 Å². The Labute approximate surface area is 93.5 Å².